The van der Waals surface area contributed by atoms with E-state index in [1.165, 1.54) is 13.2 Å². The standard InChI is InChI=1S/C19H18ClFN2O5/c1-27-17-7-6-13(21)8-14(17)16(24)10-28-18(25)9-15(23-19(22)26)11-2-4-12(20)5-3-11/h2-8,15H,9-10H2,1H3,(H3,22,23,26)/t15-/m0/s1. The van der Waals surface area contributed by atoms with Crippen LogP contribution in [-0.2, 0) is 9.53 Å². The van der Waals surface area contributed by atoms with Gasteiger partial charge in [-0.3, -0.25) is 9.59 Å². The van der Waals surface area contributed by atoms with Gasteiger partial charge in [0.15, 0.2) is 6.61 Å². The Hall–Kier alpha value is -3.13. The maximum atomic E-state index is 13.4. The largest absolute Gasteiger partial charge is 0.496 e. The SMILES string of the molecule is COc1ccc(F)cc1C(=O)COC(=O)C[C@H](NC(N)=O)c1ccc(Cl)cc1. The molecule has 0 fully saturated rings. The van der Waals surface area contributed by atoms with Crippen molar-refractivity contribution >= 4 is 29.4 Å². The van der Waals surface area contributed by atoms with Crippen molar-refractivity contribution in [3.63, 3.8) is 0 Å². The zero-order valence-corrected chi connectivity index (χ0v) is 15.7. The summed E-state index contributed by atoms with van der Waals surface area (Å²) in [7, 11) is 1.34. The number of halogens is 2. The Labute approximate surface area is 165 Å². The van der Waals surface area contributed by atoms with E-state index in [1.807, 2.05) is 0 Å². The summed E-state index contributed by atoms with van der Waals surface area (Å²) in [4.78, 5) is 35.6. The minimum absolute atomic E-state index is 0.0418. The van der Waals surface area contributed by atoms with Gasteiger partial charge in [-0.15, -0.1) is 0 Å². The molecule has 0 aliphatic rings. The Morgan fingerprint density at radius 1 is 1.18 bits per heavy atom. The maximum absolute atomic E-state index is 13.4. The highest BCUT2D eigenvalue weighted by Crippen LogP contribution is 2.22. The van der Waals surface area contributed by atoms with Crippen LogP contribution in [0.5, 0.6) is 5.75 Å². The summed E-state index contributed by atoms with van der Waals surface area (Å²) in [6.07, 6.45) is -0.266. The first-order chi connectivity index (χ1) is 13.3. The zero-order valence-electron chi connectivity index (χ0n) is 14.9. The number of benzene rings is 2. The summed E-state index contributed by atoms with van der Waals surface area (Å²) in [6, 6.07) is 8.30. The minimum atomic E-state index is -0.826. The number of hydrogen-bond donors (Lipinski definition) is 2. The number of rotatable bonds is 8. The molecule has 2 aromatic rings. The number of hydrogen-bond acceptors (Lipinski definition) is 5. The van der Waals surface area contributed by atoms with Gasteiger partial charge >= 0.3 is 12.0 Å². The average Bonchev–Trinajstić information content (AvgIpc) is 2.65. The molecule has 0 unspecified atom stereocenters. The topological polar surface area (TPSA) is 108 Å². The summed E-state index contributed by atoms with van der Waals surface area (Å²) in [5, 5.41) is 2.92. The fraction of sp³-hybridized carbons (Fsp3) is 0.211. The van der Waals surface area contributed by atoms with Crippen LogP contribution >= 0.6 is 11.6 Å². The predicted octanol–water partition coefficient (Wildman–Crippen LogP) is 3.01. The highest BCUT2D eigenvalue weighted by atomic mass is 35.5. The van der Waals surface area contributed by atoms with E-state index in [4.69, 9.17) is 26.8 Å². The third-order valence-electron chi connectivity index (χ3n) is 3.79. The molecule has 0 saturated heterocycles. The molecule has 3 N–H and O–H groups in total. The molecule has 2 amide bonds. The molecule has 1 atom stereocenters. The number of nitrogens with two attached hydrogens (primary N) is 1. The van der Waals surface area contributed by atoms with Gasteiger partial charge in [0.05, 0.1) is 25.1 Å². The number of carbonyl (C=O) groups excluding carboxylic acids is 3. The Morgan fingerprint density at radius 2 is 1.86 bits per heavy atom. The number of carbonyl (C=O) groups is 3. The van der Waals surface area contributed by atoms with Crippen LogP contribution < -0.4 is 15.8 Å². The van der Waals surface area contributed by atoms with Crippen molar-refractivity contribution in [3.8, 4) is 5.75 Å². The van der Waals surface area contributed by atoms with E-state index in [0.29, 0.717) is 10.6 Å². The molecule has 28 heavy (non-hydrogen) atoms. The monoisotopic (exact) mass is 408 g/mol. The Balaban J connectivity index is 2.02. The third kappa shape index (κ3) is 5.95. The fourth-order valence-corrected chi connectivity index (χ4v) is 2.59. The summed E-state index contributed by atoms with van der Waals surface area (Å²) >= 11 is 5.83. The molecule has 0 aromatic heterocycles. The Bertz CT molecular complexity index is 873. The van der Waals surface area contributed by atoms with Crippen LogP contribution in [-0.4, -0.2) is 31.5 Å². The second kappa shape index (κ2) is 9.70. The molecule has 0 spiro atoms. The molecule has 0 heterocycles. The number of Topliss-reactive ketones (excluding diaryl/α,β-unsaturated/α-hetero) is 1. The van der Waals surface area contributed by atoms with E-state index in [9.17, 15) is 18.8 Å². The third-order valence-corrected chi connectivity index (χ3v) is 4.04. The van der Waals surface area contributed by atoms with E-state index in [-0.39, 0.29) is 17.7 Å². The van der Waals surface area contributed by atoms with Crippen molar-refractivity contribution in [1.82, 2.24) is 5.32 Å². The first-order valence-corrected chi connectivity index (χ1v) is 8.51. The smallest absolute Gasteiger partial charge is 0.312 e. The van der Waals surface area contributed by atoms with Gasteiger partial charge in [-0.2, -0.15) is 0 Å². The lowest BCUT2D eigenvalue weighted by molar-refractivity contribution is -0.143. The van der Waals surface area contributed by atoms with Gasteiger partial charge < -0.3 is 20.5 Å². The van der Waals surface area contributed by atoms with Gasteiger partial charge in [-0.05, 0) is 35.9 Å². The van der Waals surface area contributed by atoms with Gasteiger partial charge in [-0.25, -0.2) is 9.18 Å². The lowest BCUT2D eigenvalue weighted by Gasteiger charge is -2.17. The zero-order chi connectivity index (χ0) is 20.7. The lowest BCUT2D eigenvalue weighted by Crippen LogP contribution is -2.34. The normalized spacial score (nSPS) is 11.4. The van der Waals surface area contributed by atoms with Crippen LogP contribution in [0, 0.1) is 5.82 Å². The predicted molar refractivity (Wildman–Crippen MR) is 99.8 cm³/mol. The van der Waals surface area contributed by atoms with Crippen molar-refractivity contribution in [2.45, 2.75) is 12.5 Å². The van der Waals surface area contributed by atoms with Crippen molar-refractivity contribution in [2.75, 3.05) is 13.7 Å². The number of amides is 2. The number of methoxy groups -OCH3 is 1. The minimum Gasteiger partial charge on any atom is -0.496 e. The molecule has 148 valence electrons. The van der Waals surface area contributed by atoms with Gasteiger partial charge in [-0.1, -0.05) is 23.7 Å². The maximum Gasteiger partial charge on any atom is 0.312 e. The Morgan fingerprint density at radius 3 is 2.46 bits per heavy atom. The first-order valence-electron chi connectivity index (χ1n) is 8.14. The van der Waals surface area contributed by atoms with Crippen molar-refractivity contribution in [3.05, 3.63) is 64.4 Å². The van der Waals surface area contributed by atoms with E-state index >= 15 is 0 Å². The average molecular weight is 409 g/mol. The molecule has 0 saturated carbocycles. The quantitative estimate of drug-likeness (QED) is 0.515. The van der Waals surface area contributed by atoms with Gasteiger partial charge in [0.25, 0.3) is 0 Å². The number of ketones is 1. The summed E-state index contributed by atoms with van der Waals surface area (Å²) in [5.74, 6) is -1.84. The second-order valence-corrected chi connectivity index (χ2v) is 6.18. The molecule has 0 radical (unpaired) electrons. The molecule has 7 nitrogen and oxygen atoms in total. The molecular formula is C19H18ClFN2O5. The van der Waals surface area contributed by atoms with Gasteiger partial charge in [0.2, 0.25) is 5.78 Å². The Kier molecular flexibility index (Phi) is 7.34. The van der Waals surface area contributed by atoms with Crippen LogP contribution in [0.25, 0.3) is 0 Å². The number of ether oxygens (including phenoxy) is 2. The van der Waals surface area contributed by atoms with Gasteiger partial charge in [0, 0.05) is 5.02 Å². The number of esters is 1. The van der Waals surface area contributed by atoms with Gasteiger partial charge in [0.1, 0.15) is 11.6 Å². The van der Waals surface area contributed by atoms with Crippen LogP contribution in [0.3, 0.4) is 0 Å². The molecule has 0 bridgehead atoms. The molecular weight excluding hydrogens is 391 g/mol. The van der Waals surface area contributed by atoms with Crippen molar-refractivity contribution < 1.29 is 28.2 Å². The van der Waals surface area contributed by atoms with Crippen LogP contribution in [0.4, 0.5) is 9.18 Å². The number of urea groups is 1. The van der Waals surface area contributed by atoms with Crippen molar-refractivity contribution in [2.24, 2.45) is 5.73 Å². The van der Waals surface area contributed by atoms with E-state index in [2.05, 4.69) is 5.32 Å². The van der Waals surface area contributed by atoms with E-state index < -0.39 is 36.2 Å². The van der Waals surface area contributed by atoms with Crippen LogP contribution in [0.15, 0.2) is 42.5 Å². The molecule has 0 aliphatic carbocycles. The summed E-state index contributed by atoms with van der Waals surface area (Å²) < 4.78 is 23.3. The highest BCUT2D eigenvalue weighted by Gasteiger charge is 2.20. The first kappa shape index (κ1) is 21.2. The fourth-order valence-electron chi connectivity index (χ4n) is 2.47. The molecule has 2 rings (SSSR count). The van der Waals surface area contributed by atoms with Crippen molar-refractivity contribution in [1.29, 1.82) is 0 Å². The van der Waals surface area contributed by atoms with E-state index in [0.717, 1.165) is 12.1 Å². The second-order valence-electron chi connectivity index (χ2n) is 5.75. The lowest BCUT2D eigenvalue weighted by atomic mass is 10.0. The van der Waals surface area contributed by atoms with Crippen LogP contribution in [0.2, 0.25) is 5.02 Å². The molecule has 9 heteroatoms. The van der Waals surface area contributed by atoms with E-state index in [1.54, 1.807) is 24.3 Å². The number of nitrogens with one attached hydrogen (secondary N) is 1. The van der Waals surface area contributed by atoms with Crippen LogP contribution in [0.1, 0.15) is 28.4 Å². The number of primary amides is 1. The summed E-state index contributed by atoms with van der Waals surface area (Å²) in [5.41, 5.74) is 5.69. The summed E-state index contributed by atoms with van der Waals surface area (Å²) in [6.45, 7) is -0.609. The molecule has 2 aromatic carbocycles. The molecule has 0 aliphatic heterocycles. The highest BCUT2D eigenvalue weighted by molar-refractivity contribution is 6.30.